The smallest absolute Gasteiger partial charge is 0.266 e. The topological polar surface area (TPSA) is 75.7 Å². The highest BCUT2D eigenvalue weighted by Crippen LogP contribution is 2.29. The number of imide groups is 1. The molecule has 6 nitrogen and oxygen atoms in total. The highest BCUT2D eigenvalue weighted by molar-refractivity contribution is 6.34. The van der Waals surface area contributed by atoms with E-state index in [1.165, 1.54) is 0 Å². The van der Waals surface area contributed by atoms with Crippen LogP contribution in [0.2, 0.25) is 0 Å². The molecule has 6 heteroatoms. The number of nitrogens with one attached hydrogen (secondary N) is 1. The van der Waals surface area contributed by atoms with E-state index in [1.54, 1.807) is 48.5 Å². The highest BCUT2D eigenvalue weighted by Gasteiger charge is 2.36. The van der Waals surface area contributed by atoms with E-state index in [0.29, 0.717) is 28.3 Å². The van der Waals surface area contributed by atoms with E-state index in [-0.39, 0.29) is 24.3 Å². The molecule has 0 saturated heterocycles. The van der Waals surface area contributed by atoms with Gasteiger partial charge in [-0.05, 0) is 73.5 Å². The Balaban J connectivity index is 1.39. The van der Waals surface area contributed by atoms with Crippen LogP contribution in [0.3, 0.4) is 0 Å². The molecule has 4 rings (SSSR count). The number of nitrogens with zero attached hydrogens (tertiary/aromatic N) is 1. The molecule has 30 heavy (non-hydrogen) atoms. The second-order valence-corrected chi connectivity index (χ2v) is 7.12. The Kier molecular flexibility index (Phi) is 5.06. The number of hydrogen-bond donors (Lipinski definition) is 1. The minimum absolute atomic E-state index is 0.122. The van der Waals surface area contributed by atoms with Crippen LogP contribution >= 0.6 is 0 Å². The summed E-state index contributed by atoms with van der Waals surface area (Å²) in [5, 5.41) is 2.74. The van der Waals surface area contributed by atoms with E-state index in [4.69, 9.17) is 4.74 Å². The maximum Gasteiger partial charge on any atom is 0.266 e. The van der Waals surface area contributed by atoms with Gasteiger partial charge in [0.25, 0.3) is 17.7 Å². The van der Waals surface area contributed by atoms with Crippen molar-refractivity contribution < 1.29 is 19.1 Å². The number of amides is 3. The molecule has 3 aromatic rings. The van der Waals surface area contributed by atoms with Crippen LogP contribution in [0, 0.1) is 13.8 Å². The maximum atomic E-state index is 12.6. The Labute approximate surface area is 174 Å². The van der Waals surface area contributed by atoms with Gasteiger partial charge in [-0.25, -0.2) is 4.90 Å². The first-order chi connectivity index (χ1) is 14.4. The minimum atomic E-state index is -0.353. The molecule has 0 bridgehead atoms. The van der Waals surface area contributed by atoms with Gasteiger partial charge < -0.3 is 10.1 Å². The van der Waals surface area contributed by atoms with Crippen LogP contribution in [0.4, 0.5) is 11.4 Å². The normalized spacial score (nSPS) is 12.7. The highest BCUT2D eigenvalue weighted by atomic mass is 16.5. The summed E-state index contributed by atoms with van der Waals surface area (Å²) < 4.78 is 5.54. The van der Waals surface area contributed by atoms with Crippen LogP contribution in [0.15, 0.2) is 66.7 Å². The Morgan fingerprint density at radius 1 is 0.867 bits per heavy atom. The average Bonchev–Trinajstić information content (AvgIpc) is 3.00. The summed E-state index contributed by atoms with van der Waals surface area (Å²) in [6, 6.07) is 18.9. The first-order valence-electron chi connectivity index (χ1n) is 9.52. The second kappa shape index (κ2) is 7.83. The van der Waals surface area contributed by atoms with Gasteiger partial charge in [-0.1, -0.05) is 18.2 Å². The van der Waals surface area contributed by atoms with Gasteiger partial charge in [0.15, 0.2) is 6.61 Å². The third kappa shape index (κ3) is 3.67. The average molecular weight is 400 g/mol. The molecule has 0 radical (unpaired) electrons. The van der Waals surface area contributed by atoms with Crippen LogP contribution in [-0.4, -0.2) is 24.3 Å². The number of aryl methyl sites for hydroxylation is 2. The number of carbonyl (C=O) groups excluding carboxylic acids is 3. The Morgan fingerprint density at radius 3 is 2.10 bits per heavy atom. The predicted octanol–water partition coefficient (Wildman–Crippen LogP) is 4.12. The Bertz CT molecular complexity index is 1120. The molecule has 0 saturated carbocycles. The van der Waals surface area contributed by atoms with Crippen LogP contribution < -0.4 is 15.0 Å². The second-order valence-electron chi connectivity index (χ2n) is 7.12. The summed E-state index contributed by atoms with van der Waals surface area (Å²) in [4.78, 5) is 38.4. The number of ether oxygens (including phenoxy) is 1. The molecule has 1 N–H and O–H groups in total. The number of benzene rings is 3. The van der Waals surface area contributed by atoms with E-state index in [9.17, 15) is 14.4 Å². The molecule has 0 unspecified atom stereocenters. The molecule has 0 spiro atoms. The molecule has 1 aliphatic rings. The van der Waals surface area contributed by atoms with Crippen molar-refractivity contribution in [1.82, 2.24) is 0 Å². The lowest BCUT2D eigenvalue weighted by molar-refractivity contribution is -0.118. The molecule has 0 aliphatic carbocycles. The van der Waals surface area contributed by atoms with Crippen LogP contribution in [0.1, 0.15) is 31.8 Å². The molecule has 3 amide bonds. The first kappa shape index (κ1) is 19.4. The van der Waals surface area contributed by atoms with Crippen molar-refractivity contribution in [3.8, 4) is 5.75 Å². The van der Waals surface area contributed by atoms with Gasteiger partial charge in [0.2, 0.25) is 0 Å². The van der Waals surface area contributed by atoms with E-state index in [2.05, 4.69) is 5.32 Å². The van der Waals surface area contributed by atoms with Gasteiger partial charge >= 0.3 is 0 Å². The van der Waals surface area contributed by atoms with E-state index in [1.807, 2.05) is 32.0 Å². The Hall–Kier alpha value is -3.93. The molecule has 0 fully saturated rings. The fourth-order valence-corrected chi connectivity index (χ4v) is 3.27. The number of rotatable bonds is 5. The number of carbonyl (C=O) groups is 3. The van der Waals surface area contributed by atoms with Crippen molar-refractivity contribution in [1.29, 1.82) is 0 Å². The standard InChI is InChI=1S/C24H20N2O4/c1-15-7-12-19(13-16(15)2)30-14-22(27)25-17-8-10-18(11-9-17)26-23(28)20-5-3-4-6-21(20)24(26)29/h3-13H,14H2,1-2H3,(H,25,27). The molecule has 1 aliphatic heterocycles. The quantitative estimate of drug-likeness (QED) is 0.654. The largest absolute Gasteiger partial charge is 0.484 e. The van der Waals surface area contributed by atoms with Gasteiger partial charge in [-0.3, -0.25) is 14.4 Å². The van der Waals surface area contributed by atoms with Gasteiger partial charge in [0, 0.05) is 5.69 Å². The third-order valence-corrected chi connectivity index (χ3v) is 5.05. The van der Waals surface area contributed by atoms with Crippen molar-refractivity contribution in [2.45, 2.75) is 13.8 Å². The monoisotopic (exact) mass is 400 g/mol. The molecule has 0 aromatic heterocycles. The van der Waals surface area contributed by atoms with E-state index < -0.39 is 0 Å². The van der Waals surface area contributed by atoms with Crippen molar-refractivity contribution in [3.63, 3.8) is 0 Å². The summed E-state index contributed by atoms with van der Waals surface area (Å²) in [6.45, 7) is 3.87. The Morgan fingerprint density at radius 2 is 1.50 bits per heavy atom. The zero-order valence-corrected chi connectivity index (χ0v) is 16.6. The van der Waals surface area contributed by atoms with Crippen LogP contribution in [-0.2, 0) is 4.79 Å². The molecule has 3 aromatic carbocycles. The van der Waals surface area contributed by atoms with Crippen molar-refractivity contribution >= 4 is 29.1 Å². The van der Waals surface area contributed by atoms with Gasteiger partial charge in [0.05, 0.1) is 16.8 Å². The van der Waals surface area contributed by atoms with E-state index in [0.717, 1.165) is 16.0 Å². The molecular weight excluding hydrogens is 380 g/mol. The zero-order valence-electron chi connectivity index (χ0n) is 16.6. The molecule has 150 valence electrons. The van der Waals surface area contributed by atoms with Gasteiger partial charge in [-0.15, -0.1) is 0 Å². The van der Waals surface area contributed by atoms with Gasteiger partial charge in [0.1, 0.15) is 5.75 Å². The van der Waals surface area contributed by atoms with Crippen LogP contribution in [0.5, 0.6) is 5.75 Å². The lowest BCUT2D eigenvalue weighted by Gasteiger charge is -2.14. The van der Waals surface area contributed by atoms with Crippen molar-refractivity contribution in [3.05, 3.63) is 89.0 Å². The molecule has 0 atom stereocenters. The summed E-state index contributed by atoms with van der Waals surface area (Å²) >= 11 is 0. The van der Waals surface area contributed by atoms with E-state index >= 15 is 0 Å². The molecule has 1 heterocycles. The first-order valence-corrected chi connectivity index (χ1v) is 9.52. The maximum absolute atomic E-state index is 12.6. The van der Waals surface area contributed by atoms with Crippen molar-refractivity contribution in [2.24, 2.45) is 0 Å². The van der Waals surface area contributed by atoms with Gasteiger partial charge in [-0.2, -0.15) is 0 Å². The SMILES string of the molecule is Cc1ccc(OCC(=O)Nc2ccc(N3C(=O)c4ccccc4C3=O)cc2)cc1C. The summed E-state index contributed by atoms with van der Waals surface area (Å²) in [5.41, 5.74) is 4.03. The minimum Gasteiger partial charge on any atom is -0.484 e. The summed E-state index contributed by atoms with van der Waals surface area (Å²) in [5.74, 6) is -0.376. The summed E-state index contributed by atoms with van der Waals surface area (Å²) in [7, 11) is 0. The fraction of sp³-hybridized carbons (Fsp3) is 0.125. The van der Waals surface area contributed by atoms with Crippen molar-refractivity contribution in [2.75, 3.05) is 16.8 Å². The third-order valence-electron chi connectivity index (χ3n) is 5.05. The van der Waals surface area contributed by atoms with Crippen LogP contribution in [0.25, 0.3) is 0 Å². The summed E-state index contributed by atoms with van der Waals surface area (Å²) in [6.07, 6.45) is 0. The zero-order chi connectivity index (χ0) is 21.3. The lowest BCUT2D eigenvalue weighted by atomic mass is 10.1. The predicted molar refractivity (Wildman–Crippen MR) is 114 cm³/mol. The lowest BCUT2D eigenvalue weighted by Crippen LogP contribution is -2.29. The number of hydrogen-bond acceptors (Lipinski definition) is 4. The number of fused-ring (bicyclic) bond motifs is 1. The fourth-order valence-electron chi connectivity index (χ4n) is 3.27. The number of anilines is 2. The molecular formula is C24H20N2O4.